The Labute approximate surface area is 77.5 Å². The van der Waals surface area contributed by atoms with Gasteiger partial charge in [-0.3, -0.25) is 0 Å². The molecule has 1 aromatic rings. The topological polar surface area (TPSA) is 44.1 Å². The fourth-order valence-electron chi connectivity index (χ4n) is 0.721. The van der Waals surface area contributed by atoms with Crippen molar-refractivity contribution in [3.05, 3.63) is 18.5 Å². The van der Waals surface area contributed by atoms with Gasteiger partial charge in [0, 0.05) is 12.4 Å². The lowest BCUT2D eigenvalue weighted by Gasteiger charge is -2.17. The minimum Gasteiger partial charge on any atom is -0.447 e. The van der Waals surface area contributed by atoms with Crippen molar-refractivity contribution in [2.45, 2.75) is 20.8 Å². The van der Waals surface area contributed by atoms with Gasteiger partial charge in [-0.15, -0.1) is 0 Å². The van der Waals surface area contributed by atoms with Gasteiger partial charge < -0.3 is 4.74 Å². The van der Waals surface area contributed by atoms with E-state index in [2.05, 4.69) is 5.10 Å². The fourth-order valence-corrected chi connectivity index (χ4v) is 0.721. The van der Waals surface area contributed by atoms with E-state index < -0.39 is 6.09 Å². The summed E-state index contributed by atoms with van der Waals surface area (Å²) in [5.74, 6) is 0. The first-order chi connectivity index (χ1) is 5.99. The lowest BCUT2D eigenvalue weighted by Crippen LogP contribution is -2.21. The summed E-state index contributed by atoms with van der Waals surface area (Å²) in [5, 5.41) is 3.76. The molecule has 0 bridgehead atoms. The molecule has 0 fully saturated rings. The van der Waals surface area contributed by atoms with E-state index in [4.69, 9.17) is 4.74 Å². The minimum absolute atomic E-state index is 0.0111. The van der Waals surface area contributed by atoms with Gasteiger partial charge in [-0.05, 0) is 11.5 Å². The second kappa shape index (κ2) is 3.60. The summed E-state index contributed by atoms with van der Waals surface area (Å²) >= 11 is 0. The molecule has 0 aliphatic rings. The highest BCUT2D eigenvalue weighted by molar-refractivity contribution is 5.68. The first-order valence-electron chi connectivity index (χ1n) is 4.16. The number of ether oxygens (including phenoxy) is 1. The van der Waals surface area contributed by atoms with Gasteiger partial charge in [0.15, 0.2) is 0 Å². The lowest BCUT2D eigenvalue weighted by atomic mass is 9.99. The standard InChI is InChI=1S/C9H14N2O2/c1-9(2,3)7-13-8(12)11-6-4-5-10-11/h4-6H,7H2,1-3H3. The molecule has 4 heteroatoms. The van der Waals surface area contributed by atoms with E-state index in [1.165, 1.54) is 4.68 Å². The average Bonchev–Trinajstić information content (AvgIpc) is 2.50. The van der Waals surface area contributed by atoms with Gasteiger partial charge >= 0.3 is 6.09 Å². The normalized spacial score (nSPS) is 11.3. The fraction of sp³-hybridized carbons (Fsp3) is 0.556. The zero-order chi connectivity index (χ0) is 9.90. The van der Waals surface area contributed by atoms with Crippen LogP contribution in [0, 0.1) is 5.41 Å². The van der Waals surface area contributed by atoms with Crippen molar-refractivity contribution in [2.24, 2.45) is 5.41 Å². The van der Waals surface area contributed by atoms with Crippen molar-refractivity contribution < 1.29 is 9.53 Å². The van der Waals surface area contributed by atoms with Crippen molar-refractivity contribution in [1.82, 2.24) is 9.78 Å². The van der Waals surface area contributed by atoms with E-state index in [9.17, 15) is 4.79 Å². The lowest BCUT2D eigenvalue weighted by molar-refractivity contribution is 0.105. The maximum atomic E-state index is 11.2. The summed E-state index contributed by atoms with van der Waals surface area (Å²) in [6.45, 7) is 6.40. The summed E-state index contributed by atoms with van der Waals surface area (Å²) in [6, 6.07) is 1.68. The summed E-state index contributed by atoms with van der Waals surface area (Å²) < 4.78 is 6.18. The summed E-state index contributed by atoms with van der Waals surface area (Å²) in [6.07, 6.45) is 2.67. The first kappa shape index (κ1) is 9.77. The smallest absolute Gasteiger partial charge is 0.434 e. The summed E-state index contributed by atoms with van der Waals surface area (Å²) in [7, 11) is 0. The molecule has 0 radical (unpaired) electrons. The van der Waals surface area contributed by atoms with Crippen LogP contribution in [-0.4, -0.2) is 22.5 Å². The molecule has 0 unspecified atom stereocenters. The van der Waals surface area contributed by atoms with Crippen LogP contribution in [0.25, 0.3) is 0 Å². The molecule has 0 saturated heterocycles. The van der Waals surface area contributed by atoms with Gasteiger partial charge in [-0.25, -0.2) is 4.79 Å². The largest absolute Gasteiger partial charge is 0.447 e. The molecule has 0 aliphatic heterocycles. The van der Waals surface area contributed by atoms with Crippen LogP contribution in [0.4, 0.5) is 4.79 Å². The third-order valence-corrected chi connectivity index (χ3v) is 1.32. The number of carbonyl (C=O) groups is 1. The quantitative estimate of drug-likeness (QED) is 0.666. The maximum absolute atomic E-state index is 11.2. The Hall–Kier alpha value is -1.32. The van der Waals surface area contributed by atoms with Crippen LogP contribution < -0.4 is 0 Å². The Kier molecular flexibility index (Phi) is 2.70. The van der Waals surface area contributed by atoms with Gasteiger partial charge in [0.25, 0.3) is 0 Å². The Morgan fingerprint density at radius 1 is 1.54 bits per heavy atom. The predicted molar refractivity (Wildman–Crippen MR) is 48.4 cm³/mol. The second-order valence-corrected chi connectivity index (χ2v) is 4.07. The van der Waals surface area contributed by atoms with E-state index in [1.54, 1.807) is 18.5 Å². The molecule has 0 amide bonds. The van der Waals surface area contributed by atoms with Crippen LogP contribution in [0.3, 0.4) is 0 Å². The van der Waals surface area contributed by atoms with Crippen molar-refractivity contribution >= 4 is 6.09 Å². The van der Waals surface area contributed by atoms with Crippen molar-refractivity contribution in [2.75, 3.05) is 6.61 Å². The van der Waals surface area contributed by atoms with E-state index in [1.807, 2.05) is 20.8 Å². The van der Waals surface area contributed by atoms with Crippen molar-refractivity contribution in [3.8, 4) is 0 Å². The van der Waals surface area contributed by atoms with E-state index >= 15 is 0 Å². The molecular weight excluding hydrogens is 168 g/mol. The van der Waals surface area contributed by atoms with E-state index in [0.717, 1.165) is 0 Å². The molecule has 0 N–H and O–H groups in total. The molecule has 0 atom stereocenters. The Bertz CT molecular complexity index is 272. The van der Waals surface area contributed by atoms with Crippen molar-refractivity contribution in [3.63, 3.8) is 0 Å². The highest BCUT2D eigenvalue weighted by Gasteiger charge is 2.14. The average molecular weight is 182 g/mol. The van der Waals surface area contributed by atoms with Crippen LogP contribution in [0.15, 0.2) is 18.5 Å². The molecular formula is C9H14N2O2. The molecule has 0 aromatic carbocycles. The van der Waals surface area contributed by atoms with Gasteiger partial charge in [-0.1, -0.05) is 20.8 Å². The molecule has 72 valence electrons. The number of carbonyl (C=O) groups excluding carboxylic acids is 1. The molecule has 1 rings (SSSR count). The van der Waals surface area contributed by atoms with Gasteiger partial charge in [0.1, 0.15) is 0 Å². The van der Waals surface area contributed by atoms with Crippen molar-refractivity contribution in [1.29, 1.82) is 0 Å². The Morgan fingerprint density at radius 3 is 2.69 bits per heavy atom. The summed E-state index contributed by atoms with van der Waals surface area (Å²) in [4.78, 5) is 11.2. The van der Waals surface area contributed by atoms with Gasteiger partial charge in [-0.2, -0.15) is 9.78 Å². The third kappa shape index (κ3) is 3.27. The third-order valence-electron chi connectivity index (χ3n) is 1.32. The number of hydrogen-bond donors (Lipinski definition) is 0. The number of nitrogens with zero attached hydrogens (tertiary/aromatic N) is 2. The number of aromatic nitrogens is 2. The SMILES string of the molecule is CC(C)(C)COC(=O)n1cccn1. The zero-order valence-corrected chi connectivity index (χ0v) is 8.15. The molecule has 1 aromatic heterocycles. The highest BCUT2D eigenvalue weighted by Crippen LogP contribution is 2.13. The Balaban J connectivity index is 2.44. The molecule has 0 spiro atoms. The summed E-state index contributed by atoms with van der Waals surface area (Å²) in [5.41, 5.74) is -0.0111. The van der Waals surface area contributed by atoms with E-state index in [0.29, 0.717) is 6.61 Å². The maximum Gasteiger partial charge on any atom is 0.434 e. The van der Waals surface area contributed by atoms with Crippen LogP contribution >= 0.6 is 0 Å². The van der Waals surface area contributed by atoms with Gasteiger partial charge in [0.05, 0.1) is 6.61 Å². The highest BCUT2D eigenvalue weighted by atomic mass is 16.6. The molecule has 1 heterocycles. The second-order valence-electron chi connectivity index (χ2n) is 4.07. The molecule has 4 nitrogen and oxygen atoms in total. The van der Waals surface area contributed by atoms with Crippen LogP contribution in [-0.2, 0) is 4.74 Å². The minimum atomic E-state index is -0.431. The van der Waals surface area contributed by atoms with Crippen LogP contribution in [0.2, 0.25) is 0 Å². The van der Waals surface area contributed by atoms with E-state index in [-0.39, 0.29) is 5.41 Å². The molecule has 0 aliphatic carbocycles. The van der Waals surface area contributed by atoms with Gasteiger partial charge in [0.2, 0.25) is 0 Å². The Morgan fingerprint density at radius 2 is 2.23 bits per heavy atom. The zero-order valence-electron chi connectivity index (χ0n) is 8.15. The van der Waals surface area contributed by atoms with Crippen LogP contribution in [0.5, 0.6) is 0 Å². The van der Waals surface area contributed by atoms with Crippen LogP contribution in [0.1, 0.15) is 20.8 Å². The molecule has 0 saturated carbocycles. The number of rotatable bonds is 1. The predicted octanol–water partition coefficient (Wildman–Crippen LogP) is 1.91. The molecule has 13 heavy (non-hydrogen) atoms. The monoisotopic (exact) mass is 182 g/mol. The first-order valence-corrected chi connectivity index (χ1v) is 4.16. The number of hydrogen-bond acceptors (Lipinski definition) is 3.